The largest absolute Gasteiger partial charge is 0.466 e. The van der Waals surface area contributed by atoms with Crippen LogP contribution in [-0.2, 0) is 19.1 Å². The van der Waals surface area contributed by atoms with Gasteiger partial charge >= 0.3 is 5.97 Å². The number of rotatable bonds is 9. The zero-order valence-corrected chi connectivity index (χ0v) is 16.8. The van der Waals surface area contributed by atoms with Gasteiger partial charge in [0.15, 0.2) is 0 Å². The van der Waals surface area contributed by atoms with Gasteiger partial charge in [0.1, 0.15) is 17.2 Å². The smallest absolute Gasteiger partial charge is 0.346 e. The average Bonchev–Trinajstić information content (AvgIpc) is 2.69. The van der Waals surface area contributed by atoms with Gasteiger partial charge in [-0.1, -0.05) is 22.8 Å². The summed E-state index contributed by atoms with van der Waals surface area (Å²) in [6, 6.07) is 9.40. The lowest BCUT2D eigenvalue weighted by Gasteiger charge is -2.11. The molecule has 0 saturated carbocycles. The number of hydrogen-bond donors (Lipinski definition) is 0. The van der Waals surface area contributed by atoms with Crippen LogP contribution in [0.3, 0.4) is 0 Å². The minimum Gasteiger partial charge on any atom is -0.466 e. The summed E-state index contributed by atoms with van der Waals surface area (Å²) in [6.45, 7) is 1.34. The van der Waals surface area contributed by atoms with Crippen molar-refractivity contribution in [2.75, 3.05) is 27.4 Å². The van der Waals surface area contributed by atoms with Crippen LogP contribution in [0.2, 0.25) is 5.02 Å². The summed E-state index contributed by atoms with van der Waals surface area (Å²) < 4.78 is 15.3. The maximum Gasteiger partial charge on any atom is 0.346 e. The van der Waals surface area contributed by atoms with E-state index in [4.69, 9.17) is 25.9 Å². The fourth-order valence-corrected chi connectivity index (χ4v) is 2.57. The summed E-state index contributed by atoms with van der Waals surface area (Å²) in [5.74, 6) is 0.0449. The zero-order chi connectivity index (χ0) is 21.4. The molecule has 2 rings (SSSR count). The summed E-state index contributed by atoms with van der Waals surface area (Å²) in [6.07, 6.45) is 0. The number of nitrogens with zero attached hydrogens (tertiary/aromatic N) is 2. The lowest BCUT2D eigenvalue weighted by atomic mass is 10.1. The molecular formula is C19H19ClN2O7. The molecule has 10 heteroatoms. The standard InChI is InChI=1S/C19H19ClN2O7/c1-12-4-7-18(15(20)8-12)29-13-5-6-17(22(24)25)14(9-13)16(10-26-2)21-28-11-19(23)27-3/h4-9H,10-11H2,1-3H3. The number of carbonyl (C=O) groups excluding carboxylic acids is 1. The van der Waals surface area contributed by atoms with Gasteiger partial charge in [0.05, 0.1) is 29.2 Å². The Morgan fingerprint density at radius 2 is 1.93 bits per heavy atom. The van der Waals surface area contributed by atoms with Crippen LogP contribution in [0.4, 0.5) is 5.69 Å². The molecule has 0 saturated heterocycles. The van der Waals surface area contributed by atoms with Crippen molar-refractivity contribution < 1.29 is 28.8 Å². The molecular weight excluding hydrogens is 404 g/mol. The summed E-state index contributed by atoms with van der Waals surface area (Å²) in [5, 5.41) is 15.6. The Balaban J connectivity index is 2.40. The highest BCUT2D eigenvalue weighted by Gasteiger charge is 2.21. The Morgan fingerprint density at radius 3 is 2.55 bits per heavy atom. The number of nitro benzene ring substituents is 1. The molecule has 0 bridgehead atoms. The Labute approximate surface area is 171 Å². The molecule has 0 aliphatic rings. The second-order valence-electron chi connectivity index (χ2n) is 5.79. The Kier molecular flexibility index (Phi) is 7.93. The third-order valence-corrected chi connectivity index (χ3v) is 3.95. The highest BCUT2D eigenvalue weighted by atomic mass is 35.5. The predicted molar refractivity (Wildman–Crippen MR) is 106 cm³/mol. The second kappa shape index (κ2) is 10.4. The SMILES string of the molecule is COCC(=NOCC(=O)OC)c1cc(Oc2ccc(C)cc2Cl)ccc1[N+](=O)[O-]. The molecule has 0 fully saturated rings. The molecule has 2 aromatic rings. The van der Waals surface area contributed by atoms with Gasteiger partial charge in [0.2, 0.25) is 6.61 Å². The van der Waals surface area contributed by atoms with E-state index >= 15 is 0 Å². The van der Waals surface area contributed by atoms with E-state index in [-0.39, 0.29) is 23.6 Å². The van der Waals surface area contributed by atoms with Gasteiger partial charge in [0.25, 0.3) is 5.69 Å². The van der Waals surface area contributed by atoms with Crippen molar-refractivity contribution in [2.24, 2.45) is 5.16 Å². The molecule has 0 heterocycles. The Morgan fingerprint density at radius 1 is 1.17 bits per heavy atom. The number of esters is 1. The lowest BCUT2D eigenvalue weighted by molar-refractivity contribution is -0.385. The van der Waals surface area contributed by atoms with Gasteiger partial charge in [-0.05, 0) is 36.8 Å². The van der Waals surface area contributed by atoms with Gasteiger partial charge in [-0.2, -0.15) is 0 Å². The van der Waals surface area contributed by atoms with Crippen LogP contribution in [0.15, 0.2) is 41.6 Å². The fourth-order valence-electron chi connectivity index (χ4n) is 2.30. The number of carbonyl (C=O) groups is 1. The average molecular weight is 423 g/mol. The monoisotopic (exact) mass is 422 g/mol. The van der Waals surface area contributed by atoms with Crippen LogP contribution in [0, 0.1) is 17.0 Å². The minimum absolute atomic E-state index is 0.100. The molecule has 0 N–H and O–H groups in total. The highest BCUT2D eigenvalue weighted by molar-refractivity contribution is 6.32. The first-order valence-corrected chi connectivity index (χ1v) is 8.71. The zero-order valence-electron chi connectivity index (χ0n) is 16.0. The molecule has 29 heavy (non-hydrogen) atoms. The molecule has 0 aromatic heterocycles. The van der Waals surface area contributed by atoms with Crippen LogP contribution in [-0.4, -0.2) is 44.0 Å². The van der Waals surface area contributed by atoms with Gasteiger partial charge in [-0.25, -0.2) is 4.79 Å². The second-order valence-corrected chi connectivity index (χ2v) is 6.20. The normalized spacial score (nSPS) is 11.1. The van der Waals surface area contributed by atoms with E-state index in [1.54, 1.807) is 12.1 Å². The number of ether oxygens (including phenoxy) is 3. The van der Waals surface area contributed by atoms with Gasteiger partial charge in [-0.15, -0.1) is 0 Å². The van der Waals surface area contributed by atoms with Crippen molar-refractivity contribution in [3.05, 3.63) is 62.7 Å². The van der Waals surface area contributed by atoms with E-state index in [1.165, 1.54) is 32.4 Å². The fraction of sp³-hybridized carbons (Fsp3) is 0.263. The maximum absolute atomic E-state index is 11.5. The quantitative estimate of drug-likeness (QED) is 0.261. The van der Waals surface area contributed by atoms with Crippen molar-refractivity contribution in [3.63, 3.8) is 0 Å². The van der Waals surface area contributed by atoms with E-state index < -0.39 is 17.5 Å². The Bertz CT molecular complexity index is 931. The van der Waals surface area contributed by atoms with Crippen LogP contribution < -0.4 is 4.74 Å². The number of aryl methyl sites for hydroxylation is 1. The van der Waals surface area contributed by atoms with E-state index in [9.17, 15) is 14.9 Å². The summed E-state index contributed by atoms with van der Waals surface area (Å²) in [5.41, 5.74) is 0.944. The topological polar surface area (TPSA) is 109 Å². The van der Waals surface area contributed by atoms with Crippen molar-refractivity contribution in [3.8, 4) is 11.5 Å². The van der Waals surface area contributed by atoms with Crippen molar-refractivity contribution in [1.29, 1.82) is 0 Å². The van der Waals surface area contributed by atoms with E-state index in [1.807, 2.05) is 13.0 Å². The minimum atomic E-state index is -0.647. The number of hydrogen-bond acceptors (Lipinski definition) is 8. The molecule has 0 unspecified atom stereocenters. The van der Waals surface area contributed by atoms with E-state index in [0.717, 1.165) is 5.56 Å². The number of nitro groups is 1. The summed E-state index contributed by atoms with van der Waals surface area (Å²) >= 11 is 6.18. The highest BCUT2D eigenvalue weighted by Crippen LogP contribution is 2.32. The number of benzene rings is 2. The van der Waals surface area contributed by atoms with Gasteiger partial charge in [0, 0.05) is 13.2 Å². The van der Waals surface area contributed by atoms with Crippen LogP contribution >= 0.6 is 11.6 Å². The molecule has 0 radical (unpaired) electrons. The predicted octanol–water partition coefficient (Wildman–Crippen LogP) is 3.89. The number of halogens is 1. The van der Waals surface area contributed by atoms with Crippen molar-refractivity contribution in [1.82, 2.24) is 0 Å². The molecule has 0 aliphatic heterocycles. The molecule has 154 valence electrons. The van der Waals surface area contributed by atoms with Crippen LogP contribution in [0.5, 0.6) is 11.5 Å². The molecule has 0 aliphatic carbocycles. The first kappa shape index (κ1) is 22.1. The molecule has 0 spiro atoms. The summed E-state index contributed by atoms with van der Waals surface area (Å²) in [4.78, 5) is 27.0. The Hall–Kier alpha value is -3.17. The van der Waals surface area contributed by atoms with Crippen LogP contribution in [0.25, 0.3) is 0 Å². The third kappa shape index (κ3) is 6.16. The molecule has 0 amide bonds. The van der Waals surface area contributed by atoms with E-state index in [2.05, 4.69) is 9.89 Å². The van der Waals surface area contributed by atoms with E-state index in [0.29, 0.717) is 16.5 Å². The first-order chi connectivity index (χ1) is 13.8. The first-order valence-electron chi connectivity index (χ1n) is 8.33. The number of oxime groups is 1. The van der Waals surface area contributed by atoms with Crippen molar-refractivity contribution >= 4 is 29.0 Å². The van der Waals surface area contributed by atoms with Crippen molar-refractivity contribution in [2.45, 2.75) is 6.92 Å². The molecule has 2 aromatic carbocycles. The van der Waals surface area contributed by atoms with Gasteiger partial charge in [-0.3, -0.25) is 10.1 Å². The maximum atomic E-state index is 11.5. The molecule has 9 nitrogen and oxygen atoms in total. The summed E-state index contributed by atoms with van der Waals surface area (Å²) in [7, 11) is 2.60. The number of methoxy groups -OCH3 is 2. The van der Waals surface area contributed by atoms with Gasteiger partial charge < -0.3 is 19.0 Å². The molecule has 0 atom stereocenters. The third-order valence-electron chi connectivity index (χ3n) is 3.66. The van der Waals surface area contributed by atoms with Crippen LogP contribution in [0.1, 0.15) is 11.1 Å². The lowest BCUT2D eigenvalue weighted by Crippen LogP contribution is -2.14.